The molecule has 0 bridgehead atoms. The van der Waals surface area contributed by atoms with Crippen LogP contribution >= 0.6 is 0 Å². The first kappa shape index (κ1) is 47.5. The first-order chi connectivity index (χ1) is 31.7. The molecule has 0 aliphatic carbocycles. The quantitative estimate of drug-likeness (QED) is 0.0241. The number of hydrogen-bond acceptors (Lipinski definition) is 14. The topological polar surface area (TPSA) is 247 Å². The van der Waals surface area contributed by atoms with Crippen molar-refractivity contribution >= 4 is 67.7 Å². The third-order valence-corrected chi connectivity index (χ3v) is 10.9. The number of ether oxygens (including phenoxy) is 2. The van der Waals surface area contributed by atoms with Crippen molar-refractivity contribution in [2.24, 2.45) is 20.5 Å². The molecule has 3 amide bonds. The van der Waals surface area contributed by atoms with Gasteiger partial charge in [0.05, 0.1) is 42.7 Å². The Labute approximate surface area is 380 Å². The van der Waals surface area contributed by atoms with Crippen LogP contribution in [0.25, 0.3) is 0 Å². The van der Waals surface area contributed by atoms with Crippen molar-refractivity contribution in [1.29, 1.82) is 0 Å². The molecule has 0 radical (unpaired) electrons. The van der Waals surface area contributed by atoms with Gasteiger partial charge in [0.25, 0.3) is 15.8 Å². The van der Waals surface area contributed by atoms with Crippen LogP contribution in [0.1, 0.15) is 36.0 Å². The number of para-hydroxylation sites is 1. The van der Waals surface area contributed by atoms with Gasteiger partial charge < -0.3 is 29.9 Å². The highest BCUT2D eigenvalue weighted by atomic mass is 32.2. The molecule has 0 spiro atoms. The number of carbonyl (C=O) groups excluding carboxylic acids is 3. The lowest BCUT2D eigenvalue weighted by Gasteiger charge is -2.26. The van der Waals surface area contributed by atoms with Crippen LogP contribution in [0.2, 0.25) is 0 Å². The molecule has 6 rings (SSSR count). The number of nitrogens with zero attached hydrogens (tertiary/aromatic N) is 7. The lowest BCUT2D eigenvalue weighted by Crippen LogP contribution is -2.51. The monoisotopic (exact) mass is 915 g/mol. The highest BCUT2D eigenvalue weighted by Gasteiger charge is 2.27. The van der Waals surface area contributed by atoms with Crippen molar-refractivity contribution < 1.29 is 41.8 Å². The van der Waals surface area contributed by atoms with Crippen molar-refractivity contribution in [2.75, 3.05) is 49.9 Å². The molecule has 1 aliphatic rings. The van der Waals surface area contributed by atoms with E-state index in [-0.39, 0.29) is 37.5 Å². The van der Waals surface area contributed by atoms with E-state index in [1.165, 1.54) is 38.5 Å². The van der Waals surface area contributed by atoms with Crippen LogP contribution in [-0.2, 0) is 31.0 Å². The van der Waals surface area contributed by atoms with Gasteiger partial charge in [-0.05, 0) is 66.6 Å². The minimum Gasteiger partial charge on any atom is -0.494 e. The van der Waals surface area contributed by atoms with Crippen LogP contribution in [0.4, 0.5) is 39.8 Å². The van der Waals surface area contributed by atoms with Crippen molar-refractivity contribution in [1.82, 2.24) is 10.6 Å². The first-order valence-electron chi connectivity index (χ1n) is 20.4. The summed E-state index contributed by atoms with van der Waals surface area (Å²) in [5.74, 6) is 4.11. The van der Waals surface area contributed by atoms with E-state index in [0.29, 0.717) is 58.5 Å². The van der Waals surface area contributed by atoms with Gasteiger partial charge in [0, 0.05) is 74.1 Å². The number of fused-ring (bicyclic) bond motifs is 2. The normalized spacial score (nSPS) is 12.5. The van der Waals surface area contributed by atoms with Gasteiger partial charge in [0.1, 0.15) is 34.7 Å². The smallest absolute Gasteiger partial charge is 0.269 e. The summed E-state index contributed by atoms with van der Waals surface area (Å²) in [6.07, 6.45) is 0.126. The number of nitro groups is 1. The number of nitro benzene ring substituents is 1. The molecule has 0 saturated heterocycles. The van der Waals surface area contributed by atoms with Gasteiger partial charge in [-0.15, -0.1) is 10.2 Å². The average Bonchev–Trinajstić information content (AvgIpc) is 3.30. The van der Waals surface area contributed by atoms with E-state index >= 15 is 0 Å². The van der Waals surface area contributed by atoms with E-state index in [1.807, 2.05) is 60.5 Å². The van der Waals surface area contributed by atoms with E-state index in [4.69, 9.17) is 9.47 Å². The maximum Gasteiger partial charge on any atom is 0.269 e. The second kappa shape index (κ2) is 22.1. The van der Waals surface area contributed by atoms with Gasteiger partial charge in [0.15, 0.2) is 0 Å². The summed E-state index contributed by atoms with van der Waals surface area (Å²) < 4.78 is 44.3. The number of rotatable bonds is 19. The Hall–Kier alpha value is -8.02. The van der Waals surface area contributed by atoms with Gasteiger partial charge in [-0.3, -0.25) is 29.1 Å². The number of amides is 3. The fraction of sp³-hybridized carbons (Fsp3) is 0.239. The molecule has 3 N–H and O–H groups in total. The number of anilines is 2. The van der Waals surface area contributed by atoms with Crippen LogP contribution in [0, 0.1) is 22.0 Å². The van der Waals surface area contributed by atoms with Gasteiger partial charge in [0.2, 0.25) is 17.7 Å². The summed E-state index contributed by atoms with van der Waals surface area (Å²) in [6, 6.07) is 29.0. The van der Waals surface area contributed by atoms with Crippen molar-refractivity contribution in [3.63, 3.8) is 0 Å². The Balaban J connectivity index is 0.993. The van der Waals surface area contributed by atoms with Crippen molar-refractivity contribution in [2.45, 2.75) is 31.8 Å². The molecule has 340 valence electrons. The molecule has 1 unspecified atom stereocenters. The zero-order valence-electron chi connectivity index (χ0n) is 36.1. The summed E-state index contributed by atoms with van der Waals surface area (Å²) in [6.45, 7) is 0.497. The Morgan fingerprint density at radius 3 is 2.02 bits per heavy atom. The zero-order valence-corrected chi connectivity index (χ0v) is 36.9. The van der Waals surface area contributed by atoms with Crippen molar-refractivity contribution in [3.8, 4) is 23.3 Å². The third kappa shape index (κ3) is 13.0. The fourth-order valence-corrected chi connectivity index (χ4v) is 7.34. The van der Waals surface area contributed by atoms with E-state index in [0.717, 1.165) is 16.8 Å². The van der Waals surface area contributed by atoms with Crippen LogP contribution in [0.15, 0.2) is 130 Å². The SMILES string of the molecule is COc1cc(N=Nc2ccc([N+](=O)[O-])cc2)c(OC)cc1N=Nc1ccc(N(C)CCCC(=O)NC(CS(=O)(=O)O)C(=O)NCCC(=O)N2Cc3ccccc3C#Cc3ccccc32)cc1. The van der Waals surface area contributed by atoms with E-state index in [9.17, 15) is 37.5 Å². The molecule has 0 fully saturated rings. The molecule has 0 saturated carbocycles. The Bertz CT molecular complexity index is 2830. The highest BCUT2D eigenvalue weighted by molar-refractivity contribution is 7.85. The number of non-ortho nitro benzene ring substituents is 1. The Kier molecular flexibility index (Phi) is 15.9. The number of benzene rings is 5. The van der Waals surface area contributed by atoms with Crippen LogP contribution in [-0.4, -0.2) is 81.8 Å². The predicted molar refractivity (Wildman–Crippen MR) is 246 cm³/mol. The van der Waals surface area contributed by atoms with E-state index in [2.05, 4.69) is 42.9 Å². The van der Waals surface area contributed by atoms with Gasteiger partial charge >= 0.3 is 0 Å². The van der Waals surface area contributed by atoms with Crippen LogP contribution in [0.5, 0.6) is 11.5 Å². The molecule has 19 nitrogen and oxygen atoms in total. The minimum atomic E-state index is -4.68. The molecular weight excluding hydrogens is 871 g/mol. The number of hydrogen-bond donors (Lipinski definition) is 3. The predicted octanol–water partition coefficient (Wildman–Crippen LogP) is 7.48. The third-order valence-electron chi connectivity index (χ3n) is 10.1. The maximum atomic E-state index is 13.6. The summed E-state index contributed by atoms with van der Waals surface area (Å²) in [7, 11) is 0.0555. The van der Waals surface area contributed by atoms with Gasteiger partial charge in [-0.1, -0.05) is 42.2 Å². The lowest BCUT2D eigenvalue weighted by molar-refractivity contribution is -0.384. The second-order valence-corrected chi connectivity index (χ2v) is 16.2. The molecule has 1 aliphatic heterocycles. The maximum absolute atomic E-state index is 13.6. The second-order valence-electron chi connectivity index (χ2n) is 14.7. The van der Waals surface area contributed by atoms with E-state index in [1.54, 1.807) is 41.3 Å². The van der Waals surface area contributed by atoms with Crippen molar-refractivity contribution in [3.05, 3.63) is 136 Å². The standard InChI is InChI=1S/C46H45N9O10S/c1-53(36-20-16-34(17-21-36)49-51-38-27-43(65-3)39(28-42(38)64-2)52-50-35-18-22-37(23-19-35)55(59)60)26-8-13-44(56)48-40(30-66(61,62)63)46(58)47-25-24-45(57)54-29-33-11-5-4-9-31(33)14-15-32-10-6-7-12-41(32)54/h4-7,9-12,16-23,27-28,40H,8,13,24-26,29-30H2,1-3H3,(H,47,58)(H,48,56)(H,61,62,63). The molecular formula is C46H45N9O10S. The van der Waals surface area contributed by atoms with Gasteiger partial charge in [-0.25, -0.2) is 0 Å². The number of carbonyl (C=O) groups is 3. The average molecular weight is 916 g/mol. The fourth-order valence-electron chi connectivity index (χ4n) is 6.68. The van der Waals surface area contributed by atoms with Crippen LogP contribution in [0.3, 0.4) is 0 Å². The first-order valence-corrected chi connectivity index (χ1v) is 22.0. The number of methoxy groups -OCH3 is 2. The summed E-state index contributed by atoms with van der Waals surface area (Å²) in [4.78, 5) is 53.6. The molecule has 66 heavy (non-hydrogen) atoms. The number of azo groups is 2. The summed E-state index contributed by atoms with van der Waals surface area (Å²) in [5, 5.41) is 32.9. The highest BCUT2D eigenvalue weighted by Crippen LogP contribution is 2.41. The lowest BCUT2D eigenvalue weighted by atomic mass is 10.0. The summed E-state index contributed by atoms with van der Waals surface area (Å²) in [5.41, 5.74) is 5.25. The molecule has 20 heteroatoms. The van der Waals surface area contributed by atoms with Gasteiger partial charge in [-0.2, -0.15) is 18.6 Å². The minimum absolute atomic E-state index is 0.0639. The molecule has 1 heterocycles. The Morgan fingerprint density at radius 1 is 0.833 bits per heavy atom. The molecule has 5 aromatic carbocycles. The molecule has 0 aromatic heterocycles. The molecule has 1 atom stereocenters. The summed E-state index contributed by atoms with van der Waals surface area (Å²) >= 11 is 0. The van der Waals surface area contributed by atoms with E-state index < -0.39 is 38.7 Å². The zero-order chi connectivity index (χ0) is 47.2. The largest absolute Gasteiger partial charge is 0.494 e. The number of nitrogens with one attached hydrogen (secondary N) is 2. The molecule has 5 aromatic rings. The van der Waals surface area contributed by atoms with Crippen LogP contribution < -0.4 is 29.9 Å². The Morgan fingerprint density at radius 2 is 1.41 bits per heavy atom.